The van der Waals surface area contributed by atoms with E-state index in [9.17, 15) is 5.21 Å². The summed E-state index contributed by atoms with van der Waals surface area (Å²) in [6, 6.07) is 0. The van der Waals surface area contributed by atoms with Gasteiger partial charge in [-0.05, 0) is 26.8 Å². The molecule has 0 aliphatic carbocycles. The fraction of sp³-hybridized carbons (Fsp3) is 0.500. The predicted octanol–water partition coefficient (Wildman–Crippen LogP) is 2.30. The zero-order valence-electron chi connectivity index (χ0n) is 7.52. The molecule has 0 spiro atoms. The Hall–Kier alpha value is -1.16. The summed E-state index contributed by atoms with van der Waals surface area (Å²) in [6.07, 6.45) is 4.87. The number of allylic oxidation sites excluding steroid dienone is 1. The zero-order valence-corrected chi connectivity index (χ0v) is 7.52. The van der Waals surface area contributed by atoms with Crippen LogP contribution in [-0.2, 0) is 0 Å². The minimum Gasteiger partial charge on any atom is -0.288 e. The molecule has 0 bridgehead atoms. The molecule has 1 N–H and O–H groups in total. The third-order valence-electron chi connectivity index (χ3n) is 1.43. The first-order valence-corrected chi connectivity index (χ1v) is 3.77. The van der Waals surface area contributed by atoms with E-state index in [1.54, 1.807) is 18.5 Å². The molecule has 12 heavy (non-hydrogen) atoms. The van der Waals surface area contributed by atoms with Crippen molar-refractivity contribution in [3.63, 3.8) is 0 Å². The maximum Gasteiger partial charge on any atom is 0.106 e. The lowest BCUT2D eigenvalue weighted by molar-refractivity contribution is -0.110. The Morgan fingerprint density at radius 3 is 2.58 bits per heavy atom. The van der Waals surface area contributed by atoms with Crippen LogP contribution < -0.4 is 0 Å². The molecule has 0 saturated carbocycles. The van der Waals surface area contributed by atoms with Gasteiger partial charge in [-0.2, -0.15) is 5.11 Å². The molecule has 0 fully saturated rings. The Morgan fingerprint density at radius 2 is 2.17 bits per heavy atom. The van der Waals surface area contributed by atoms with Gasteiger partial charge in [0.15, 0.2) is 0 Å². The first kappa shape index (κ1) is 8.93. The summed E-state index contributed by atoms with van der Waals surface area (Å²) < 4.78 is 0. The Labute approximate surface area is 71.9 Å². The first-order valence-electron chi connectivity index (χ1n) is 3.77. The van der Waals surface area contributed by atoms with Crippen molar-refractivity contribution < 1.29 is 5.21 Å². The van der Waals surface area contributed by atoms with Crippen molar-refractivity contribution >= 4 is 0 Å². The van der Waals surface area contributed by atoms with Gasteiger partial charge in [-0.3, -0.25) is 10.3 Å². The van der Waals surface area contributed by atoms with E-state index in [4.69, 9.17) is 0 Å². The predicted molar refractivity (Wildman–Crippen MR) is 45.5 cm³/mol. The van der Waals surface area contributed by atoms with E-state index in [0.29, 0.717) is 5.70 Å². The summed E-state index contributed by atoms with van der Waals surface area (Å²) in [4.78, 5) is 0. The molecule has 1 rings (SSSR count). The van der Waals surface area contributed by atoms with Gasteiger partial charge in [0.05, 0.1) is 17.9 Å². The van der Waals surface area contributed by atoms with Gasteiger partial charge in [0.2, 0.25) is 0 Å². The van der Waals surface area contributed by atoms with Crippen LogP contribution in [0.15, 0.2) is 34.4 Å². The SMILES string of the molecule is CC(C)(C)N(O)/C=C1\C=CN=N1. The average Bonchev–Trinajstić information content (AvgIpc) is 2.37. The van der Waals surface area contributed by atoms with Crippen LogP contribution in [0, 0.1) is 0 Å². The summed E-state index contributed by atoms with van der Waals surface area (Å²) >= 11 is 0. The smallest absolute Gasteiger partial charge is 0.106 e. The van der Waals surface area contributed by atoms with E-state index in [2.05, 4.69) is 10.2 Å². The second kappa shape index (κ2) is 3.06. The van der Waals surface area contributed by atoms with Crippen molar-refractivity contribution in [1.29, 1.82) is 0 Å². The fourth-order valence-electron chi connectivity index (χ4n) is 0.631. The summed E-state index contributed by atoms with van der Waals surface area (Å²) in [5.41, 5.74) is 0.353. The first-order chi connectivity index (χ1) is 5.50. The Morgan fingerprint density at radius 1 is 1.50 bits per heavy atom. The standard InChI is InChI=1S/C8H13N3O/c1-8(2,3)11(12)6-7-4-5-9-10-7/h4-6,12H,1-3H3/b7-6+. The van der Waals surface area contributed by atoms with Gasteiger partial charge in [-0.15, -0.1) is 5.11 Å². The normalized spacial score (nSPS) is 19.2. The molecule has 0 amide bonds. The molecule has 0 atom stereocenters. The number of hydrogen-bond acceptors (Lipinski definition) is 4. The molecular formula is C8H13N3O. The van der Waals surface area contributed by atoms with Crippen LogP contribution in [0.3, 0.4) is 0 Å². The van der Waals surface area contributed by atoms with E-state index in [0.717, 1.165) is 5.06 Å². The van der Waals surface area contributed by atoms with Gasteiger partial charge in [0, 0.05) is 0 Å². The molecule has 0 aromatic carbocycles. The molecule has 0 radical (unpaired) electrons. The molecule has 0 saturated heterocycles. The number of hydroxylamine groups is 2. The van der Waals surface area contributed by atoms with E-state index in [1.807, 2.05) is 20.8 Å². The van der Waals surface area contributed by atoms with Crippen LogP contribution in [0.2, 0.25) is 0 Å². The van der Waals surface area contributed by atoms with E-state index >= 15 is 0 Å². The van der Waals surface area contributed by atoms with E-state index < -0.39 is 0 Å². The Balaban J connectivity index is 2.67. The molecule has 1 aliphatic heterocycles. The minimum atomic E-state index is -0.307. The van der Waals surface area contributed by atoms with Crippen LogP contribution in [-0.4, -0.2) is 15.8 Å². The molecule has 0 aromatic heterocycles. The van der Waals surface area contributed by atoms with E-state index in [1.165, 1.54) is 0 Å². The summed E-state index contributed by atoms with van der Waals surface area (Å²) in [7, 11) is 0. The molecule has 66 valence electrons. The lowest BCUT2D eigenvalue weighted by Gasteiger charge is -2.27. The highest BCUT2D eigenvalue weighted by atomic mass is 16.5. The molecule has 1 aliphatic rings. The third kappa shape index (κ3) is 2.17. The van der Waals surface area contributed by atoms with Gasteiger partial charge < -0.3 is 0 Å². The Bertz CT molecular complexity index is 234. The second-order valence-corrected chi connectivity index (χ2v) is 3.60. The maximum absolute atomic E-state index is 9.47. The van der Waals surface area contributed by atoms with E-state index in [-0.39, 0.29) is 5.54 Å². The Kier molecular flexibility index (Phi) is 2.28. The van der Waals surface area contributed by atoms with Crippen molar-refractivity contribution in [2.75, 3.05) is 0 Å². The van der Waals surface area contributed by atoms with Crippen molar-refractivity contribution in [2.45, 2.75) is 26.3 Å². The average molecular weight is 167 g/mol. The molecule has 4 nitrogen and oxygen atoms in total. The topological polar surface area (TPSA) is 48.2 Å². The van der Waals surface area contributed by atoms with Gasteiger partial charge in [-0.1, -0.05) is 0 Å². The van der Waals surface area contributed by atoms with Crippen molar-refractivity contribution in [3.8, 4) is 0 Å². The maximum atomic E-state index is 9.47. The van der Waals surface area contributed by atoms with Crippen LogP contribution in [0.4, 0.5) is 0 Å². The number of nitrogens with zero attached hydrogens (tertiary/aromatic N) is 3. The van der Waals surface area contributed by atoms with Crippen molar-refractivity contribution in [1.82, 2.24) is 5.06 Å². The minimum absolute atomic E-state index is 0.307. The highest BCUT2D eigenvalue weighted by molar-refractivity contribution is 5.19. The number of rotatable bonds is 1. The third-order valence-corrected chi connectivity index (χ3v) is 1.43. The summed E-state index contributed by atoms with van der Waals surface area (Å²) in [5, 5.41) is 18.0. The summed E-state index contributed by atoms with van der Waals surface area (Å²) in [6.45, 7) is 5.71. The van der Waals surface area contributed by atoms with Gasteiger partial charge >= 0.3 is 0 Å². The number of azo groups is 1. The fourth-order valence-corrected chi connectivity index (χ4v) is 0.631. The van der Waals surface area contributed by atoms with Crippen molar-refractivity contribution in [3.05, 3.63) is 24.2 Å². The van der Waals surface area contributed by atoms with Crippen LogP contribution in [0.5, 0.6) is 0 Å². The molecule has 1 heterocycles. The number of hydrogen-bond donors (Lipinski definition) is 1. The van der Waals surface area contributed by atoms with Crippen LogP contribution in [0.25, 0.3) is 0 Å². The molecule has 0 aromatic rings. The quantitative estimate of drug-likeness (QED) is 0.609. The largest absolute Gasteiger partial charge is 0.288 e. The van der Waals surface area contributed by atoms with Gasteiger partial charge in [-0.25, -0.2) is 0 Å². The van der Waals surface area contributed by atoms with Crippen LogP contribution >= 0.6 is 0 Å². The molecule has 4 heteroatoms. The monoisotopic (exact) mass is 167 g/mol. The lowest BCUT2D eigenvalue weighted by Crippen LogP contribution is -2.34. The van der Waals surface area contributed by atoms with Gasteiger partial charge in [0.25, 0.3) is 0 Å². The van der Waals surface area contributed by atoms with Crippen molar-refractivity contribution in [2.24, 2.45) is 10.2 Å². The van der Waals surface area contributed by atoms with Gasteiger partial charge in [0.1, 0.15) is 5.70 Å². The second-order valence-electron chi connectivity index (χ2n) is 3.60. The van der Waals surface area contributed by atoms with Crippen LogP contribution in [0.1, 0.15) is 20.8 Å². The highest BCUT2D eigenvalue weighted by Crippen LogP contribution is 2.15. The zero-order chi connectivity index (χ0) is 9.19. The lowest BCUT2D eigenvalue weighted by atomic mass is 10.1. The summed E-state index contributed by atoms with van der Waals surface area (Å²) in [5.74, 6) is 0. The highest BCUT2D eigenvalue weighted by Gasteiger charge is 2.16. The molecule has 0 unspecified atom stereocenters. The molecular weight excluding hydrogens is 154 g/mol.